The highest BCUT2D eigenvalue weighted by molar-refractivity contribution is 7.58. The minimum atomic E-state index is -4.25. The number of amides is 2. The van der Waals surface area contributed by atoms with E-state index in [-0.39, 0.29) is 19.4 Å². The van der Waals surface area contributed by atoms with Crippen LogP contribution in [-0.4, -0.2) is 46.0 Å². The highest BCUT2D eigenvalue weighted by atomic mass is 31.2. The Balaban J connectivity index is 1.82. The summed E-state index contributed by atoms with van der Waals surface area (Å²) in [6.07, 6.45) is -1.20. The molecule has 0 saturated heterocycles. The molecule has 0 aromatic heterocycles. The lowest BCUT2D eigenvalue weighted by Gasteiger charge is -2.28. The van der Waals surface area contributed by atoms with E-state index in [1.807, 2.05) is 18.2 Å². The molecule has 3 aromatic carbocycles. The number of hydrogen-bond acceptors (Lipinski definition) is 5. The molecule has 4 N–H and O–H groups in total. The third kappa shape index (κ3) is 9.71. The molecule has 0 aliphatic heterocycles. The molecule has 0 aliphatic rings. The van der Waals surface area contributed by atoms with Crippen LogP contribution in [0.5, 0.6) is 0 Å². The molecule has 3 unspecified atom stereocenters. The Bertz CT molecular complexity index is 1270. The molecule has 0 bridgehead atoms. The van der Waals surface area contributed by atoms with E-state index < -0.39 is 49.2 Å². The summed E-state index contributed by atoms with van der Waals surface area (Å²) in [6.45, 7) is 1.30. The van der Waals surface area contributed by atoms with Gasteiger partial charge in [0.2, 0.25) is 13.3 Å². The van der Waals surface area contributed by atoms with Gasteiger partial charge in [-0.3, -0.25) is 14.2 Å². The van der Waals surface area contributed by atoms with Gasteiger partial charge in [-0.15, -0.1) is 0 Å². The molecule has 39 heavy (non-hydrogen) atoms. The summed E-state index contributed by atoms with van der Waals surface area (Å²) in [5.41, 5.74) is 2.21. The van der Waals surface area contributed by atoms with E-state index in [4.69, 9.17) is 4.74 Å². The second-order valence-electron chi connectivity index (χ2n) is 9.30. The Labute approximate surface area is 227 Å². The van der Waals surface area contributed by atoms with Crippen LogP contribution in [0.2, 0.25) is 0 Å². The highest BCUT2D eigenvalue weighted by Gasteiger charge is 2.38. The zero-order valence-corrected chi connectivity index (χ0v) is 22.5. The van der Waals surface area contributed by atoms with Gasteiger partial charge in [0, 0.05) is 12.6 Å². The maximum atomic E-state index is 13.8. The molecule has 0 saturated carbocycles. The largest absolute Gasteiger partial charge is 0.480 e. The van der Waals surface area contributed by atoms with E-state index in [1.165, 1.54) is 6.92 Å². The lowest BCUT2D eigenvalue weighted by molar-refractivity contribution is -0.141. The Morgan fingerprint density at radius 1 is 0.795 bits per heavy atom. The van der Waals surface area contributed by atoms with Crippen LogP contribution in [-0.2, 0) is 38.3 Å². The van der Waals surface area contributed by atoms with Gasteiger partial charge in [0.15, 0.2) is 0 Å². The van der Waals surface area contributed by atoms with E-state index in [2.05, 4.69) is 10.6 Å². The Kier molecular flexibility index (Phi) is 10.8. The number of ether oxygens (including phenoxy) is 1. The van der Waals surface area contributed by atoms with Crippen molar-refractivity contribution in [3.8, 4) is 0 Å². The highest BCUT2D eigenvalue weighted by Crippen LogP contribution is 2.48. The molecule has 0 heterocycles. The third-order valence-corrected chi connectivity index (χ3v) is 8.41. The van der Waals surface area contributed by atoms with E-state index in [0.29, 0.717) is 5.56 Å². The van der Waals surface area contributed by atoms with E-state index in [0.717, 1.165) is 11.1 Å². The van der Waals surface area contributed by atoms with Gasteiger partial charge < -0.3 is 25.4 Å². The van der Waals surface area contributed by atoms with Crippen molar-refractivity contribution >= 4 is 25.3 Å². The zero-order valence-electron chi connectivity index (χ0n) is 21.6. The molecule has 0 aliphatic carbocycles. The van der Waals surface area contributed by atoms with Gasteiger partial charge in [-0.2, -0.15) is 0 Å². The van der Waals surface area contributed by atoms with Crippen LogP contribution in [0.25, 0.3) is 0 Å². The standard InChI is InChI=1S/C29H33N2O7P/c1-21(28(33)34)30-27(32)25(17-22-11-5-2-6-12-22)20-39(36,37)26(18-23-13-7-3-8-14-23)31-29(35)38-19-24-15-9-4-10-16-24/h2-16,21,25-26H,17-20H2,1H3,(H,30,32)(H,31,35)(H,33,34)(H,36,37)/t21-,25?,26?/m0/s1. The SMILES string of the molecule is C[C@H](NC(=O)C(Cc1ccccc1)CP(=O)(O)C(Cc1ccccc1)NC(=O)OCc1ccccc1)C(=O)O. The van der Waals surface area contributed by atoms with Crippen molar-refractivity contribution in [1.82, 2.24) is 10.6 Å². The number of benzene rings is 3. The topological polar surface area (TPSA) is 142 Å². The Morgan fingerprint density at radius 3 is 1.79 bits per heavy atom. The van der Waals surface area contributed by atoms with Crippen molar-refractivity contribution in [1.29, 1.82) is 0 Å². The molecule has 9 nitrogen and oxygen atoms in total. The number of carbonyl (C=O) groups is 3. The molecule has 0 radical (unpaired) electrons. The molecule has 0 spiro atoms. The van der Waals surface area contributed by atoms with Gasteiger partial charge in [0.05, 0.1) is 5.92 Å². The molecule has 4 atom stereocenters. The van der Waals surface area contributed by atoms with Crippen molar-refractivity contribution < 1.29 is 33.7 Å². The fraction of sp³-hybridized carbons (Fsp3) is 0.276. The number of aliphatic carboxylic acids is 1. The maximum Gasteiger partial charge on any atom is 0.408 e. The summed E-state index contributed by atoms with van der Waals surface area (Å²) in [5, 5.41) is 14.2. The molecular formula is C29H33N2O7P. The lowest BCUT2D eigenvalue weighted by Crippen LogP contribution is -2.44. The number of hydrogen-bond donors (Lipinski definition) is 4. The summed E-state index contributed by atoms with van der Waals surface area (Å²) in [4.78, 5) is 48.4. The minimum Gasteiger partial charge on any atom is -0.480 e. The smallest absolute Gasteiger partial charge is 0.408 e. The lowest BCUT2D eigenvalue weighted by atomic mass is 10.00. The summed E-state index contributed by atoms with van der Waals surface area (Å²) >= 11 is 0. The first-order valence-electron chi connectivity index (χ1n) is 12.5. The number of carboxylic acid groups (broad SMARTS) is 1. The average molecular weight is 553 g/mol. The van der Waals surface area contributed by atoms with Crippen LogP contribution in [0.4, 0.5) is 4.79 Å². The molecule has 206 valence electrons. The van der Waals surface area contributed by atoms with Gasteiger partial charge in [-0.1, -0.05) is 91.0 Å². The third-order valence-electron chi connectivity index (χ3n) is 6.16. The van der Waals surface area contributed by atoms with Crippen molar-refractivity contribution in [3.63, 3.8) is 0 Å². The second-order valence-corrected chi connectivity index (χ2v) is 11.8. The normalized spacial score (nSPS) is 14.7. The van der Waals surface area contributed by atoms with E-state index in [1.54, 1.807) is 72.8 Å². The molecular weight excluding hydrogens is 519 g/mol. The van der Waals surface area contributed by atoms with E-state index >= 15 is 0 Å². The van der Waals surface area contributed by atoms with Crippen LogP contribution in [0.15, 0.2) is 91.0 Å². The Morgan fingerprint density at radius 2 is 1.28 bits per heavy atom. The van der Waals surface area contributed by atoms with Crippen LogP contribution >= 0.6 is 7.37 Å². The number of carbonyl (C=O) groups excluding carboxylic acids is 2. The monoisotopic (exact) mass is 552 g/mol. The number of alkyl carbamates (subject to hydrolysis) is 1. The van der Waals surface area contributed by atoms with Gasteiger partial charge in [0.25, 0.3) is 0 Å². The van der Waals surface area contributed by atoms with Crippen molar-refractivity contribution in [2.45, 2.75) is 38.2 Å². The first kappa shape index (κ1) is 29.6. The fourth-order valence-corrected chi connectivity index (χ4v) is 5.99. The predicted octanol–water partition coefficient (Wildman–Crippen LogP) is 4.20. The number of rotatable bonds is 13. The maximum absolute atomic E-state index is 13.8. The zero-order chi connectivity index (χ0) is 28.3. The molecule has 10 heteroatoms. The first-order valence-corrected chi connectivity index (χ1v) is 14.4. The summed E-state index contributed by atoms with van der Waals surface area (Å²) in [7, 11) is -4.25. The number of nitrogens with one attached hydrogen (secondary N) is 2. The van der Waals surface area contributed by atoms with Crippen LogP contribution in [0.3, 0.4) is 0 Å². The number of carboxylic acids is 1. The minimum absolute atomic E-state index is 0.0213. The summed E-state index contributed by atoms with van der Waals surface area (Å²) < 4.78 is 19.1. The fourth-order valence-electron chi connectivity index (χ4n) is 4.01. The van der Waals surface area contributed by atoms with Gasteiger partial charge in [-0.05, 0) is 30.0 Å². The van der Waals surface area contributed by atoms with Crippen molar-refractivity contribution in [2.75, 3.05) is 6.16 Å². The first-order chi connectivity index (χ1) is 18.6. The van der Waals surface area contributed by atoms with Gasteiger partial charge in [0.1, 0.15) is 18.4 Å². The molecule has 0 fully saturated rings. The Hall–Kier alpha value is -3.94. The van der Waals surface area contributed by atoms with E-state index in [9.17, 15) is 28.9 Å². The average Bonchev–Trinajstić information content (AvgIpc) is 2.92. The molecule has 3 rings (SSSR count). The second kappa shape index (κ2) is 14.3. The van der Waals surface area contributed by atoms with Gasteiger partial charge >= 0.3 is 12.1 Å². The van der Waals surface area contributed by atoms with Crippen molar-refractivity contribution in [2.24, 2.45) is 5.92 Å². The van der Waals surface area contributed by atoms with Crippen LogP contribution < -0.4 is 10.6 Å². The summed E-state index contributed by atoms with van der Waals surface area (Å²) in [6, 6.07) is 25.7. The molecule has 2 amide bonds. The summed E-state index contributed by atoms with van der Waals surface area (Å²) in [5.74, 6) is -4.15. The van der Waals surface area contributed by atoms with Crippen LogP contribution in [0, 0.1) is 5.92 Å². The van der Waals surface area contributed by atoms with Crippen molar-refractivity contribution in [3.05, 3.63) is 108 Å². The molecule has 3 aromatic rings. The van der Waals surface area contributed by atoms with Gasteiger partial charge in [-0.25, -0.2) is 4.79 Å². The quantitative estimate of drug-likeness (QED) is 0.233. The predicted molar refractivity (Wildman–Crippen MR) is 147 cm³/mol. The van der Waals surface area contributed by atoms with Crippen LogP contribution in [0.1, 0.15) is 23.6 Å².